The van der Waals surface area contributed by atoms with E-state index in [1.54, 1.807) is 0 Å². The molecule has 0 bridgehead atoms. The van der Waals surface area contributed by atoms with Gasteiger partial charge in [0.05, 0.1) is 11.5 Å². The quantitative estimate of drug-likeness (QED) is 0.719. The van der Waals surface area contributed by atoms with Crippen molar-refractivity contribution in [2.75, 3.05) is 6.54 Å². The minimum absolute atomic E-state index is 0.0391. The summed E-state index contributed by atoms with van der Waals surface area (Å²) < 4.78 is 0. The van der Waals surface area contributed by atoms with E-state index < -0.39 is 0 Å². The monoisotopic (exact) mass is 178 g/mol. The molecule has 2 nitrogen and oxygen atoms in total. The standard InChI is InChI=1S/C11H18N2/c12-8-11(6-7-11)9-13-10-4-2-1-3-5-10/h10,13H,1-7,9H2. The molecule has 0 amide bonds. The minimum atomic E-state index is 0.0391. The zero-order chi connectivity index (χ0) is 9.15. The summed E-state index contributed by atoms with van der Waals surface area (Å²) in [4.78, 5) is 0. The van der Waals surface area contributed by atoms with E-state index in [1.165, 1.54) is 32.1 Å². The first-order chi connectivity index (χ1) is 6.35. The Kier molecular flexibility index (Phi) is 2.55. The zero-order valence-electron chi connectivity index (χ0n) is 8.18. The molecule has 2 heteroatoms. The summed E-state index contributed by atoms with van der Waals surface area (Å²) in [5.74, 6) is 0. The number of nitrogens with zero attached hydrogens (tertiary/aromatic N) is 1. The molecule has 2 saturated carbocycles. The predicted octanol–water partition coefficient (Wildman–Crippen LogP) is 2.21. The fraction of sp³-hybridized carbons (Fsp3) is 0.909. The Morgan fingerprint density at radius 1 is 1.23 bits per heavy atom. The van der Waals surface area contributed by atoms with Crippen molar-refractivity contribution in [1.29, 1.82) is 5.26 Å². The van der Waals surface area contributed by atoms with Gasteiger partial charge in [-0.1, -0.05) is 19.3 Å². The van der Waals surface area contributed by atoms with Crippen LogP contribution in [0.15, 0.2) is 0 Å². The molecule has 0 aliphatic heterocycles. The number of rotatable bonds is 3. The molecule has 2 aliphatic carbocycles. The van der Waals surface area contributed by atoms with Gasteiger partial charge in [0.25, 0.3) is 0 Å². The average Bonchev–Trinajstić information content (AvgIpc) is 2.97. The minimum Gasteiger partial charge on any atom is -0.312 e. The molecule has 0 aromatic heterocycles. The van der Waals surface area contributed by atoms with Gasteiger partial charge in [0.1, 0.15) is 0 Å². The lowest BCUT2D eigenvalue weighted by Crippen LogP contribution is -2.35. The van der Waals surface area contributed by atoms with Crippen LogP contribution < -0.4 is 5.32 Å². The molecule has 1 N–H and O–H groups in total. The second-order valence-electron chi connectivity index (χ2n) is 4.61. The molecule has 0 heterocycles. The summed E-state index contributed by atoms with van der Waals surface area (Å²) in [5.41, 5.74) is 0.0391. The first kappa shape index (κ1) is 9.02. The lowest BCUT2D eigenvalue weighted by molar-refractivity contribution is 0.357. The summed E-state index contributed by atoms with van der Waals surface area (Å²) in [6.45, 7) is 0.939. The van der Waals surface area contributed by atoms with Gasteiger partial charge < -0.3 is 5.32 Å². The Morgan fingerprint density at radius 2 is 1.92 bits per heavy atom. The maximum atomic E-state index is 8.90. The van der Waals surface area contributed by atoms with Gasteiger partial charge in [-0.3, -0.25) is 0 Å². The highest BCUT2D eigenvalue weighted by Crippen LogP contribution is 2.44. The van der Waals surface area contributed by atoms with Gasteiger partial charge in [-0.05, 0) is 25.7 Å². The SMILES string of the molecule is N#CC1(CNC2CCCCC2)CC1. The van der Waals surface area contributed by atoms with Crippen LogP contribution in [0.5, 0.6) is 0 Å². The van der Waals surface area contributed by atoms with Crippen LogP contribution in [0.1, 0.15) is 44.9 Å². The molecule has 13 heavy (non-hydrogen) atoms. The molecule has 0 saturated heterocycles. The van der Waals surface area contributed by atoms with E-state index in [-0.39, 0.29) is 5.41 Å². The number of hydrogen-bond acceptors (Lipinski definition) is 2. The van der Waals surface area contributed by atoms with Gasteiger partial charge >= 0.3 is 0 Å². The fourth-order valence-corrected chi connectivity index (χ4v) is 2.13. The third-order valence-electron chi connectivity index (χ3n) is 3.43. The topological polar surface area (TPSA) is 35.8 Å². The normalized spacial score (nSPS) is 26.7. The zero-order valence-corrected chi connectivity index (χ0v) is 8.18. The molecule has 2 aliphatic rings. The van der Waals surface area contributed by atoms with Gasteiger partial charge in [-0.15, -0.1) is 0 Å². The number of hydrogen-bond donors (Lipinski definition) is 1. The van der Waals surface area contributed by atoms with Crippen LogP contribution in [0, 0.1) is 16.7 Å². The summed E-state index contributed by atoms with van der Waals surface area (Å²) >= 11 is 0. The van der Waals surface area contributed by atoms with Gasteiger partial charge in [0.2, 0.25) is 0 Å². The second kappa shape index (κ2) is 3.67. The summed E-state index contributed by atoms with van der Waals surface area (Å²) in [6.07, 6.45) is 9.02. The van der Waals surface area contributed by atoms with Crippen LogP contribution in [0.4, 0.5) is 0 Å². The van der Waals surface area contributed by atoms with Gasteiger partial charge in [-0.2, -0.15) is 5.26 Å². The Balaban J connectivity index is 1.70. The molecule has 0 aromatic carbocycles. The molecule has 0 spiro atoms. The fourth-order valence-electron chi connectivity index (χ4n) is 2.13. The van der Waals surface area contributed by atoms with Crippen LogP contribution in [-0.4, -0.2) is 12.6 Å². The molecule has 0 aromatic rings. The Bertz CT molecular complexity index is 207. The van der Waals surface area contributed by atoms with Crippen LogP contribution in [-0.2, 0) is 0 Å². The van der Waals surface area contributed by atoms with Crippen molar-refractivity contribution >= 4 is 0 Å². The van der Waals surface area contributed by atoms with Crippen molar-refractivity contribution in [2.45, 2.75) is 51.0 Å². The van der Waals surface area contributed by atoms with E-state index >= 15 is 0 Å². The third kappa shape index (κ3) is 2.22. The molecular weight excluding hydrogens is 160 g/mol. The number of nitrogens with one attached hydrogen (secondary N) is 1. The van der Waals surface area contributed by atoms with Crippen molar-refractivity contribution in [1.82, 2.24) is 5.32 Å². The van der Waals surface area contributed by atoms with Crippen molar-refractivity contribution in [3.8, 4) is 6.07 Å². The summed E-state index contributed by atoms with van der Waals surface area (Å²) in [6, 6.07) is 3.14. The van der Waals surface area contributed by atoms with Crippen LogP contribution in [0.3, 0.4) is 0 Å². The van der Waals surface area contributed by atoms with Gasteiger partial charge in [-0.25, -0.2) is 0 Å². The smallest absolute Gasteiger partial charge is 0.0703 e. The van der Waals surface area contributed by atoms with E-state index in [4.69, 9.17) is 5.26 Å². The van der Waals surface area contributed by atoms with E-state index in [2.05, 4.69) is 11.4 Å². The average molecular weight is 178 g/mol. The Hall–Kier alpha value is -0.550. The first-order valence-corrected chi connectivity index (χ1v) is 5.49. The van der Waals surface area contributed by atoms with Crippen molar-refractivity contribution < 1.29 is 0 Å². The molecule has 2 fully saturated rings. The van der Waals surface area contributed by atoms with E-state index in [1.807, 2.05) is 0 Å². The molecule has 0 atom stereocenters. The summed E-state index contributed by atoms with van der Waals surface area (Å²) in [7, 11) is 0. The molecule has 72 valence electrons. The van der Waals surface area contributed by atoms with Crippen molar-refractivity contribution in [3.63, 3.8) is 0 Å². The Morgan fingerprint density at radius 3 is 2.46 bits per heavy atom. The van der Waals surface area contributed by atoms with E-state index in [9.17, 15) is 0 Å². The largest absolute Gasteiger partial charge is 0.312 e. The molecule has 0 unspecified atom stereocenters. The predicted molar refractivity (Wildman–Crippen MR) is 52.2 cm³/mol. The molecule has 2 rings (SSSR count). The van der Waals surface area contributed by atoms with Crippen molar-refractivity contribution in [2.24, 2.45) is 5.41 Å². The van der Waals surface area contributed by atoms with Crippen molar-refractivity contribution in [3.05, 3.63) is 0 Å². The highest BCUT2D eigenvalue weighted by atomic mass is 14.9. The van der Waals surface area contributed by atoms with Crippen LogP contribution in [0.2, 0.25) is 0 Å². The lowest BCUT2D eigenvalue weighted by atomic mass is 9.95. The highest BCUT2D eigenvalue weighted by molar-refractivity contribution is 5.11. The second-order valence-corrected chi connectivity index (χ2v) is 4.61. The van der Waals surface area contributed by atoms with Crippen LogP contribution in [0.25, 0.3) is 0 Å². The first-order valence-electron chi connectivity index (χ1n) is 5.49. The molecular formula is C11H18N2. The highest BCUT2D eigenvalue weighted by Gasteiger charge is 2.43. The lowest BCUT2D eigenvalue weighted by Gasteiger charge is -2.23. The molecule has 0 radical (unpaired) electrons. The van der Waals surface area contributed by atoms with E-state index in [0.717, 1.165) is 19.4 Å². The van der Waals surface area contributed by atoms with Crippen LogP contribution >= 0.6 is 0 Å². The Labute approximate surface area is 80.3 Å². The van der Waals surface area contributed by atoms with Gasteiger partial charge in [0, 0.05) is 12.6 Å². The summed E-state index contributed by atoms with van der Waals surface area (Å²) in [5, 5.41) is 12.4. The van der Waals surface area contributed by atoms with E-state index in [0.29, 0.717) is 6.04 Å². The third-order valence-corrected chi connectivity index (χ3v) is 3.43. The maximum Gasteiger partial charge on any atom is 0.0703 e. The van der Waals surface area contributed by atoms with Gasteiger partial charge in [0.15, 0.2) is 0 Å². The number of nitriles is 1. The maximum absolute atomic E-state index is 8.90.